The van der Waals surface area contributed by atoms with E-state index in [0.29, 0.717) is 12.1 Å². The Morgan fingerprint density at radius 1 is 1.39 bits per heavy atom. The maximum absolute atomic E-state index is 11.4. The van der Waals surface area contributed by atoms with E-state index in [2.05, 4.69) is 10.2 Å². The van der Waals surface area contributed by atoms with Gasteiger partial charge in [-0.3, -0.25) is 9.69 Å². The summed E-state index contributed by atoms with van der Waals surface area (Å²) in [6, 6.07) is 5.09. The van der Waals surface area contributed by atoms with Crippen LogP contribution in [0.3, 0.4) is 0 Å². The molecule has 1 fully saturated rings. The number of hydrogen-bond acceptors (Lipinski definition) is 4. The van der Waals surface area contributed by atoms with E-state index in [1.807, 2.05) is 0 Å². The smallest absolute Gasteiger partial charge is 0.159 e. The van der Waals surface area contributed by atoms with E-state index in [4.69, 9.17) is 0 Å². The highest BCUT2D eigenvalue weighted by Gasteiger charge is 2.12. The summed E-state index contributed by atoms with van der Waals surface area (Å²) in [4.78, 5) is 13.7. The molecule has 0 radical (unpaired) electrons. The lowest BCUT2D eigenvalue weighted by atomic mass is 10.1. The van der Waals surface area contributed by atoms with Gasteiger partial charge in [-0.1, -0.05) is 0 Å². The van der Waals surface area contributed by atoms with E-state index < -0.39 is 0 Å². The molecular weight excluding hydrogens is 228 g/mol. The normalized spacial score (nSPS) is 17.4. The molecule has 1 aromatic carbocycles. The highest BCUT2D eigenvalue weighted by Crippen LogP contribution is 2.21. The molecule has 1 heterocycles. The quantitative estimate of drug-likeness (QED) is 0.794. The Morgan fingerprint density at radius 2 is 2.22 bits per heavy atom. The zero-order valence-corrected chi connectivity index (χ0v) is 10.8. The van der Waals surface area contributed by atoms with Gasteiger partial charge in [0.05, 0.1) is 0 Å². The Bertz CT molecular complexity index is 424. The third-order valence-electron chi connectivity index (χ3n) is 3.31. The molecule has 1 saturated heterocycles. The van der Waals surface area contributed by atoms with Crippen LogP contribution in [0.15, 0.2) is 18.2 Å². The van der Waals surface area contributed by atoms with Crippen LogP contribution in [0.1, 0.15) is 29.3 Å². The Labute approximate surface area is 108 Å². The molecule has 0 bridgehead atoms. The van der Waals surface area contributed by atoms with Crippen LogP contribution in [-0.2, 0) is 6.54 Å². The van der Waals surface area contributed by atoms with Crippen LogP contribution >= 0.6 is 0 Å². The second kappa shape index (κ2) is 5.98. The first kappa shape index (κ1) is 13.1. The van der Waals surface area contributed by atoms with Crippen molar-refractivity contribution in [3.63, 3.8) is 0 Å². The molecular formula is C14H20N2O2. The third-order valence-corrected chi connectivity index (χ3v) is 3.31. The minimum absolute atomic E-state index is 0.0359. The molecule has 18 heavy (non-hydrogen) atoms. The fraction of sp³-hybridized carbons (Fsp3) is 0.500. The van der Waals surface area contributed by atoms with Crippen LogP contribution in [0.2, 0.25) is 0 Å². The van der Waals surface area contributed by atoms with Gasteiger partial charge in [-0.05, 0) is 44.6 Å². The molecule has 0 aliphatic carbocycles. The highest BCUT2D eigenvalue weighted by atomic mass is 16.3. The number of nitrogens with one attached hydrogen (secondary N) is 1. The van der Waals surface area contributed by atoms with Crippen LogP contribution in [-0.4, -0.2) is 42.0 Å². The van der Waals surface area contributed by atoms with Crippen LogP contribution in [0.5, 0.6) is 5.75 Å². The van der Waals surface area contributed by atoms with Crippen LogP contribution in [0.4, 0.5) is 0 Å². The number of carbonyl (C=O) groups is 1. The van der Waals surface area contributed by atoms with Crippen molar-refractivity contribution in [2.45, 2.75) is 19.9 Å². The number of phenolic OH excluding ortho intramolecular Hbond substituents is 1. The summed E-state index contributed by atoms with van der Waals surface area (Å²) in [5.74, 6) is 0.311. The van der Waals surface area contributed by atoms with Crippen LogP contribution in [0.25, 0.3) is 0 Å². The van der Waals surface area contributed by atoms with E-state index in [1.165, 1.54) is 0 Å². The first-order chi connectivity index (χ1) is 8.66. The van der Waals surface area contributed by atoms with E-state index >= 15 is 0 Å². The predicted octanol–water partition coefficient (Wildman–Crippen LogP) is 1.39. The monoisotopic (exact) mass is 248 g/mol. The van der Waals surface area contributed by atoms with E-state index in [0.717, 1.165) is 38.2 Å². The lowest BCUT2D eigenvalue weighted by molar-refractivity contribution is 0.101. The van der Waals surface area contributed by atoms with Gasteiger partial charge in [-0.15, -0.1) is 0 Å². The summed E-state index contributed by atoms with van der Waals surface area (Å²) in [5, 5.41) is 13.2. The van der Waals surface area contributed by atoms with Crippen molar-refractivity contribution >= 4 is 5.78 Å². The minimum Gasteiger partial charge on any atom is -0.508 e. The van der Waals surface area contributed by atoms with Crippen LogP contribution < -0.4 is 5.32 Å². The van der Waals surface area contributed by atoms with Gasteiger partial charge in [0.2, 0.25) is 0 Å². The number of benzene rings is 1. The SMILES string of the molecule is CC(=O)c1ccc(O)c(CN2CCCNCC2)c1. The molecule has 98 valence electrons. The number of ketones is 1. The fourth-order valence-electron chi connectivity index (χ4n) is 2.23. The number of nitrogens with zero attached hydrogens (tertiary/aromatic N) is 1. The van der Waals surface area contributed by atoms with Crippen molar-refractivity contribution in [1.29, 1.82) is 0 Å². The van der Waals surface area contributed by atoms with Gasteiger partial charge in [0.15, 0.2) is 5.78 Å². The summed E-state index contributed by atoms with van der Waals surface area (Å²) < 4.78 is 0. The van der Waals surface area contributed by atoms with Gasteiger partial charge in [0.25, 0.3) is 0 Å². The van der Waals surface area contributed by atoms with Gasteiger partial charge < -0.3 is 10.4 Å². The van der Waals surface area contributed by atoms with Gasteiger partial charge in [0, 0.05) is 30.8 Å². The zero-order chi connectivity index (χ0) is 13.0. The van der Waals surface area contributed by atoms with Crippen molar-refractivity contribution in [1.82, 2.24) is 10.2 Å². The van der Waals surface area contributed by atoms with Gasteiger partial charge in [-0.25, -0.2) is 0 Å². The van der Waals surface area contributed by atoms with E-state index in [9.17, 15) is 9.90 Å². The molecule has 0 saturated carbocycles. The molecule has 0 amide bonds. The second-order valence-electron chi connectivity index (χ2n) is 4.78. The molecule has 0 aromatic heterocycles. The first-order valence-electron chi connectivity index (χ1n) is 6.43. The molecule has 1 aliphatic heterocycles. The van der Waals surface area contributed by atoms with E-state index in [1.54, 1.807) is 25.1 Å². The second-order valence-corrected chi connectivity index (χ2v) is 4.78. The first-order valence-corrected chi connectivity index (χ1v) is 6.43. The molecule has 4 nitrogen and oxygen atoms in total. The zero-order valence-electron chi connectivity index (χ0n) is 10.8. The summed E-state index contributed by atoms with van der Waals surface area (Å²) in [5.41, 5.74) is 1.50. The molecule has 0 atom stereocenters. The Balaban J connectivity index is 2.11. The van der Waals surface area contributed by atoms with Crippen molar-refractivity contribution in [3.05, 3.63) is 29.3 Å². The molecule has 2 N–H and O–H groups in total. The highest BCUT2D eigenvalue weighted by molar-refractivity contribution is 5.94. The lowest BCUT2D eigenvalue weighted by Crippen LogP contribution is -2.27. The molecule has 1 aromatic rings. The Morgan fingerprint density at radius 3 is 3.00 bits per heavy atom. The topological polar surface area (TPSA) is 52.6 Å². The summed E-state index contributed by atoms with van der Waals surface area (Å²) in [6.45, 7) is 6.28. The number of carbonyl (C=O) groups excluding carboxylic acids is 1. The van der Waals surface area contributed by atoms with Gasteiger partial charge >= 0.3 is 0 Å². The average molecular weight is 248 g/mol. The molecule has 4 heteroatoms. The van der Waals surface area contributed by atoms with Crippen molar-refractivity contribution < 1.29 is 9.90 Å². The summed E-state index contributed by atoms with van der Waals surface area (Å²) in [7, 11) is 0. The molecule has 0 spiro atoms. The van der Waals surface area contributed by atoms with Crippen molar-refractivity contribution in [2.24, 2.45) is 0 Å². The number of rotatable bonds is 3. The van der Waals surface area contributed by atoms with E-state index in [-0.39, 0.29) is 11.5 Å². The molecule has 0 unspecified atom stereocenters. The Kier molecular flexibility index (Phi) is 4.33. The number of hydrogen-bond donors (Lipinski definition) is 2. The predicted molar refractivity (Wildman–Crippen MR) is 70.9 cm³/mol. The third kappa shape index (κ3) is 3.31. The largest absolute Gasteiger partial charge is 0.508 e. The van der Waals surface area contributed by atoms with Gasteiger partial charge in [0.1, 0.15) is 5.75 Å². The van der Waals surface area contributed by atoms with Crippen molar-refractivity contribution in [2.75, 3.05) is 26.2 Å². The number of Topliss-reactive ketones (excluding diaryl/α,β-unsaturated/α-hetero) is 1. The maximum Gasteiger partial charge on any atom is 0.159 e. The minimum atomic E-state index is 0.0359. The van der Waals surface area contributed by atoms with Gasteiger partial charge in [-0.2, -0.15) is 0 Å². The fourth-order valence-corrected chi connectivity index (χ4v) is 2.23. The lowest BCUT2D eigenvalue weighted by Gasteiger charge is -2.20. The molecule has 1 aliphatic rings. The summed E-state index contributed by atoms with van der Waals surface area (Å²) >= 11 is 0. The molecule has 2 rings (SSSR count). The maximum atomic E-state index is 11.4. The number of phenols is 1. The average Bonchev–Trinajstić information content (AvgIpc) is 2.60. The van der Waals surface area contributed by atoms with Crippen molar-refractivity contribution in [3.8, 4) is 5.75 Å². The number of aromatic hydroxyl groups is 1. The van der Waals surface area contributed by atoms with Crippen LogP contribution in [0, 0.1) is 0 Å². The Hall–Kier alpha value is -1.39. The standard InChI is InChI=1S/C14H20N2O2/c1-11(17)12-3-4-14(18)13(9-12)10-16-7-2-5-15-6-8-16/h3-4,9,15,18H,2,5-8,10H2,1H3. The summed E-state index contributed by atoms with van der Waals surface area (Å²) in [6.07, 6.45) is 1.12.